The molecule has 0 saturated heterocycles. The lowest BCUT2D eigenvalue weighted by atomic mass is 10.3. The van der Waals surface area contributed by atoms with Crippen LogP contribution < -0.4 is 0 Å². The molecule has 4 heteroatoms. The lowest BCUT2D eigenvalue weighted by molar-refractivity contribution is 0.119. The van der Waals surface area contributed by atoms with Gasteiger partial charge in [0.2, 0.25) is 0 Å². The van der Waals surface area contributed by atoms with E-state index in [1.807, 2.05) is 0 Å². The van der Waals surface area contributed by atoms with E-state index in [2.05, 4.69) is 0 Å². The van der Waals surface area contributed by atoms with Gasteiger partial charge in [0, 0.05) is 0 Å². The summed E-state index contributed by atoms with van der Waals surface area (Å²) in [4.78, 5) is 0. The van der Waals surface area contributed by atoms with Crippen LogP contribution in [0.4, 0.5) is 0 Å². The number of hydrogen-bond donors (Lipinski definition) is 4. The zero-order valence-corrected chi connectivity index (χ0v) is 5.51. The van der Waals surface area contributed by atoms with Crippen molar-refractivity contribution < 1.29 is 20.4 Å². The molecule has 0 spiro atoms. The Morgan fingerprint density at radius 1 is 0.900 bits per heavy atom. The molecule has 2 atom stereocenters. The summed E-state index contributed by atoms with van der Waals surface area (Å²) in [6.45, 7) is -0.761. The summed E-state index contributed by atoms with van der Waals surface area (Å²) in [5.74, 6) is 0. The van der Waals surface area contributed by atoms with E-state index in [0.29, 0.717) is 0 Å². The highest BCUT2D eigenvalue weighted by atomic mass is 16.3. The van der Waals surface area contributed by atoms with Crippen molar-refractivity contribution in [2.45, 2.75) is 12.2 Å². The van der Waals surface area contributed by atoms with Crippen LogP contribution in [0.1, 0.15) is 0 Å². The molecule has 0 rings (SSSR count). The van der Waals surface area contributed by atoms with E-state index in [-0.39, 0.29) is 13.2 Å². The molecule has 60 valence electrons. The Morgan fingerprint density at radius 3 is 1.40 bits per heavy atom. The molecular formula is C6H12O4. The maximum Gasteiger partial charge on any atom is 0.0952 e. The molecule has 2 unspecified atom stereocenters. The van der Waals surface area contributed by atoms with Gasteiger partial charge >= 0.3 is 0 Å². The Bertz CT molecular complexity index is 89.9. The summed E-state index contributed by atoms with van der Waals surface area (Å²) in [5, 5.41) is 33.9. The number of aliphatic hydroxyl groups excluding tert-OH is 4. The van der Waals surface area contributed by atoms with Crippen LogP contribution in [0, 0.1) is 0 Å². The summed E-state index contributed by atoms with van der Waals surface area (Å²) < 4.78 is 0. The van der Waals surface area contributed by atoms with Gasteiger partial charge in [0.25, 0.3) is 0 Å². The SMILES string of the molecule is OCC(O)/C=C/C(O)CO. The van der Waals surface area contributed by atoms with Crippen LogP contribution in [0.3, 0.4) is 0 Å². The van der Waals surface area contributed by atoms with Crippen LogP contribution in [-0.4, -0.2) is 45.8 Å². The summed E-state index contributed by atoms with van der Waals surface area (Å²) in [6, 6.07) is 0. The van der Waals surface area contributed by atoms with Gasteiger partial charge in [0.1, 0.15) is 0 Å². The summed E-state index contributed by atoms with van der Waals surface area (Å²) >= 11 is 0. The normalized spacial score (nSPS) is 17.6. The molecule has 0 amide bonds. The average Bonchev–Trinajstić information content (AvgIpc) is 1.99. The Labute approximate surface area is 59.1 Å². The maximum absolute atomic E-state index is 8.67. The quantitative estimate of drug-likeness (QED) is 0.356. The van der Waals surface area contributed by atoms with Gasteiger partial charge in [-0.05, 0) is 0 Å². The number of rotatable bonds is 4. The summed E-state index contributed by atoms with van der Waals surface area (Å²) in [5.41, 5.74) is 0. The maximum atomic E-state index is 8.67. The molecule has 0 saturated carbocycles. The lowest BCUT2D eigenvalue weighted by Gasteiger charge is -2.01. The van der Waals surface area contributed by atoms with Crippen molar-refractivity contribution in [3.63, 3.8) is 0 Å². The zero-order chi connectivity index (χ0) is 7.98. The minimum absolute atomic E-state index is 0.380. The van der Waals surface area contributed by atoms with Crippen molar-refractivity contribution in [2.24, 2.45) is 0 Å². The van der Waals surface area contributed by atoms with Gasteiger partial charge in [-0.2, -0.15) is 0 Å². The predicted octanol–water partition coefficient (Wildman–Crippen LogP) is -1.75. The van der Waals surface area contributed by atoms with Gasteiger partial charge in [-0.3, -0.25) is 0 Å². The van der Waals surface area contributed by atoms with Crippen LogP contribution in [0.2, 0.25) is 0 Å². The molecule has 10 heavy (non-hydrogen) atoms. The zero-order valence-electron chi connectivity index (χ0n) is 5.51. The summed E-state index contributed by atoms with van der Waals surface area (Å²) in [6.07, 6.45) is 0.532. The van der Waals surface area contributed by atoms with Gasteiger partial charge in [0.05, 0.1) is 25.4 Å². The fraction of sp³-hybridized carbons (Fsp3) is 0.667. The van der Waals surface area contributed by atoms with E-state index in [4.69, 9.17) is 20.4 Å². The second kappa shape index (κ2) is 5.37. The van der Waals surface area contributed by atoms with Crippen LogP contribution in [0.25, 0.3) is 0 Å². The summed E-state index contributed by atoms with van der Waals surface area (Å²) in [7, 11) is 0. The molecule has 0 bridgehead atoms. The van der Waals surface area contributed by atoms with Gasteiger partial charge in [-0.25, -0.2) is 0 Å². The average molecular weight is 148 g/mol. The molecule has 0 aromatic carbocycles. The van der Waals surface area contributed by atoms with Crippen molar-refractivity contribution in [3.05, 3.63) is 12.2 Å². The first-order chi connectivity index (χ1) is 4.70. The van der Waals surface area contributed by atoms with Crippen molar-refractivity contribution >= 4 is 0 Å². The molecule has 0 aliphatic rings. The van der Waals surface area contributed by atoms with Crippen LogP contribution in [0.5, 0.6) is 0 Å². The highest BCUT2D eigenvalue weighted by Gasteiger charge is 1.97. The Balaban J connectivity index is 3.52. The first-order valence-corrected chi connectivity index (χ1v) is 2.97. The van der Waals surface area contributed by atoms with Crippen molar-refractivity contribution in [2.75, 3.05) is 13.2 Å². The second-order valence-corrected chi connectivity index (χ2v) is 1.88. The smallest absolute Gasteiger partial charge is 0.0952 e. The van der Waals surface area contributed by atoms with Gasteiger partial charge in [-0.1, -0.05) is 12.2 Å². The highest BCUT2D eigenvalue weighted by molar-refractivity contribution is 4.92. The minimum Gasteiger partial charge on any atom is -0.393 e. The van der Waals surface area contributed by atoms with E-state index in [9.17, 15) is 0 Å². The molecule has 0 fully saturated rings. The highest BCUT2D eigenvalue weighted by Crippen LogP contribution is 1.88. The Hall–Kier alpha value is -0.420. The standard InChI is InChI=1S/C6H12O4/c7-3-5(9)1-2-6(10)4-8/h1-2,5-10H,3-4H2/b2-1+. The fourth-order valence-corrected chi connectivity index (χ4v) is 0.378. The third kappa shape index (κ3) is 4.46. The largest absolute Gasteiger partial charge is 0.393 e. The van der Waals surface area contributed by atoms with Crippen LogP contribution in [0.15, 0.2) is 12.2 Å². The molecule has 4 nitrogen and oxygen atoms in total. The van der Waals surface area contributed by atoms with E-state index in [1.165, 1.54) is 12.2 Å². The van der Waals surface area contributed by atoms with Crippen LogP contribution >= 0.6 is 0 Å². The molecular weight excluding hydrogens is 136 g/mol. The first kappa shape index (κ1) is 9.58. The topological polar surface area (TPSA) is 80.9 Å². The van der Waals surface area contributed by atoms with Crippen molar-refractivity contribution in [1.29, 1.82) is 0 Å². The van der Waals surface area contributed by atoms with E-state index in [0.717, 1.165) is 0 Å². The first-order valence-electron chi connectivity index (χ1n) is 2.97. The van der Waals surface area contributed by atoms with Crippen molar-refractivity contribution in [3.8, 4) is 0 Å². The third-order valence-electron chi connectivity index (χ3n) is 0.930. The molecule has 0 aliphatic heterocycles. The Morgan fingerprint density at radius 2 is 1.20 bits per heavy atom. The number of aliphatic hydroxyl groups is 4. The van der Waals surface area contributed by atoms with Crippen LogP contribution in [-0.2, 0) is 0 Å². The lowest BCUT2D eigenvalue weighted by Crippen LogP contribution is -2.12. The molecule has 0 aliphatic carbocycles. The van der Waals surface area contributed by atoms with E-state index < -0.39 is 12.2 Å². The van der Waals surface area contributed by atoms with Gasteiger partial charge < -0.3 is 20.4 Å². The van der Waals surface area contributed by atoms with Crippen molar-refractivity contribution in [1.82, 2.24) is 0 Å². The molecule has 0 radical (unpaired) electrons. The minimum atomic E-state index is -0.957. The van der Waals surface area contributed by atoms with Gasteiger partial charge in [0.15, 0.2) is 0 Å². The third-order valence-corrected chi connectivity index (χ3v) is 0.930. The molecule has 4 N–H and O–H groups in total. The van der Waals surface area contributed by atoms with E-state index >= 15 is 0 Å². The number of hydrogen-bond acceptors (Lipinski definition) is 4. The fourth-order valence-electron chi connectivity index (χ4n) is 0.378. The molecule has 0 aromatic heterocycles. The molecule has 0 heterocycles. The second-order valence-electron chi connectivity index (χ2n) is 1.88. The predicted molar refractivity (Wildman–Crippen MR) is 35.3 cm³/mol. The monoisotopic (exact) mass is 148 g/mol. The molecule has 0 aromatic rings. The van der Waals surface area contributed by atoms with Gasteiger partial charge in [-0.15, -0.1) is 0 Å². The Kier molecular flexibility index (Phi) is 5.15. The van der Waals surface area contributed by atoms with E-state index in [1.54, 1.807) is 0 Å².